The number of nitrogens with zero attached hydrogens (tertiary/aromatic N) is 2. The summed E-state index contributed by atoms with van der Waals surface area (Å²) in [6.07, 6.45) is 2.32. The summed E-state index contributed by atoms with van der Waals surface area (Å²) in [4.78, 5) is 15.6. The van der Waals surface area contributed by atoms with Gasteiger partial charge in [-0.1, -0.05) is 0 Å². The van der Waals surface area contributed by atoms with E-state index in [1.807, 2.05) is 0 Å². The van der Waals surface area contributed by atoms with Gasteiger partial charge in [-0.3, -0.25) is 0 Å². The molecule has 2 saturated heterocycles. The number of β-amino-alcohol motifs (C(OH)–C–C–N with tert-alkyl or cyclic N) is 1. The third-order valence-electron chi connectivity index (χ3n) is 3.72. The molecule has 2 aliphatic rings. The lowest BCUT2D eigenvalue weighted by Gasteiger charge is -2.32. The Morgan fingerprint density at radius 3 is 2.75 bits per heavy atom. The second-order valence-corrected chi connectivity index (χ2v) is 4.87. The van der Waals surface area contributed by atoms with Crippen LogP contribution in [0.5, 0.6) is 0 Å². The first-order chi connectivity index (χ1) is 7.70. The Balaban J connectivity index is 1.85. The first-order valence-electron chi connectivity index (χ1n) is 6.05. The molecule has 16 heavy (non-hydrogen) atoms. The largest absolute Gasteiger partial charge is 0.395 e. The third kappa shape index (κ3) is 2.47. The number of likely N-dealkylation sites (tertiary alicyclic amines) is 1. The Hall–Kier alpha value is -0.810. The van der Waals surface area contributed by atoms with Gasteiger partial charge in [0.25, 0.3) is 0 Å². The van der Waals surface area contributed by atoms with Gasteiger partial charge in [0.05, 0.1) is 12.6 Å². The molecule has 0 radical (unpaired) electrons. The molecule has 2 aliphatic heterocycles. The van der Waals surface area contributed by atoms with E-state index in [2.05, 4.69) is 17.3 Å². The van der Waals surface area contributed by atoms with Crippen LogP contribution in [0.25, 0.3) is 0 Å². The summed E-state index contributed by atoms with van der Waals surface area (Å²) >= 11 is 0. The second-order valence-electron chi connectivity index (χ2n) is 4.87. The Labute approximate surface area is 96.4 Å². The van der Waals surface area contributed by atoms with Crippen molar-refractivity contribution in [3.8, 4) is 0 Å². The molecule has 1 atom stereocenters. The predicted octanol–water partition coefficient (Wildman–Crippen LogP) is -0.286. The molecule has 2 fully saturated rings. The molecular weight excluding hydrogens is 206 g/mol. The summed E-state index contributed by atoms with van der Waals surface area (Å²) in [5.74, 6) is 0.601. The molecule has 2 heterocycles. The van der Waals surface area contributed by atoms with E-state index in [1.54, 1.807) is 4.90 Å². The summed E-state index contributed by atoms with van der Waals surface area (Å²) < 4.78 is 0. The minimum Gasteiger partial charge on any atom is -0.395 e. The van der Waals surface area contributed by atoms with Crippen molar-refractivity contribution in [2.75, 3.05) is 39.8 Å². The maximum absolute atomic E-state index is 11.6. The molecule has 0 spiro atoms. The minimum absolute atomic E-state index is 0.0158. The van der Waals surface area contributed by atoms with E-state index in [0.29, 0.717) is 12.5 Å². The van der Waals surface area contributed by atoms with Crippen LogP contribution in [0.4, 0.5) is 4.79 Å². The molecule has 0 aromatic rings. The molecule has 2 rings (SSSR count). The number of hydrogen-bond acceptors (Lipinski definition) is 3. The number of amides is 2. The second kappa shape index (κ2) is 5.01. The smallest absolute Gasteiger partial charge is 0.317 e. The molecule has 0 aromatic heterocycles. The lowest BCUT2D eigenvalue weighted by atomic mass is 9.90. The van der Waals surface area contributed by atoms with Gasteiger partial charge in [0.2, 0.25) is 0 Å². The van der Waals surface area contributed by atoms with Gasteiger partial charge in [0.15, 0.2) is 0 Å². The molecule has 5 heteroatoms. The molecule has 2 amide bonds. The Kier molecular flexibility index (Phi) is 3.66. The lowest BCUT2D eigenvalue weighted by molar-refractivity contribution is 0.184. The van der Waals surface area contributed by atoms with Crippen LogP contribution in [-0.4, -0.2) is 66.8 Å². The highest BCUT2D eigenvalue weighted by atomic mass is 16.3. The van der Waals surface area contributed by atoms with Crippen LogP contribution in [0.15, 0.2) is 0 Å². The van der Waals surface area contributed by atoms with Gasteiger partial charge in [0, 0.05) is 13.1 Å². The Bertz CT molecular complexity index is 252. The monoisotopic (exact) mass is 227 g/mol. The number of aliphatic hydroxyl groups is 1. The molecule has 5 nitrogen and oxygen atoms in total. The van der Waals surface area contributed by atoms with Gasteiger partial charge in [-0.2, -0.15) is 0 Å². The van der Waals surface area contributed by atoms with Gasteiger partial charge in [-0.25, -0.2) is 4.79 Å². The van der Waals surface area contributed by atoms with Crippen LogP contribution in [0, 0.1) is 5.92 Å². The van der Waals surface area contributed by atoms with Gasteiger partial charge in [-0.15, -0.1) is 0 Å². The van der Waals surface area contributed by atoms with E-state index in [4.69, 9.17) is 5.11 Å². The summed E-state index contributed by atoms with van der Waals surface area (Å²) in [6.45, 7) is 3.50. The number of carbonyl (C=O) groups is 1. The number of rotatable bonds is 3. The van der Waals surface area contributed by atoms with Crippen molar-refractivity contribution in [2.24, 2.45) is 5.92 Å². The number of nitrogens with one attached hydrogen (secondary N) is 1. The normalized spacial score (nSPS) is 28.5. The zero-order valence-electron chi connectivity index (χ0n) is 9.85. The summed E-state index contributed by atoms with van der Waals surface area (Å²) in [7, 11) is 2.14. The fourth-order valence-corrected chi connectivity index (χ4v) is 2.63. The molecule has 0 aliphatic carbocycles. The number of carbonyl (C=O) groups excluding carboxylic acids is 1. The Morgan fingerprint density at radius 2 is 2.12 bits per heavy atom. The lowest BCUT2D eigenvalue weighted by Crippen LogP contribution is -2.41. The molecule has 2 N–H and O–H groups in total. The fraction of sp³-hybridized carbons (Fsp3) is 0.909. The number of aliphatic hydroxyl groups excluding tert-OH is 1. The first kappa shape index (κ1) is 11.7. The topological polar surface area (TPSA) is 55.8 Å². The molecule has 1 unspecified atom stereocenters. The number of piperidine rings is 1. The van der Waals surface area contributed by atoms with Crippen LogP contribution in [-0.2, 0) is 0 Å². The van der Waals surface area contributed by atoms with Crippen LogP contribution >= 0.6 is 0 Å². The van der Waals surface area contributed by atoms with Crippen LogP contribution in [0.3, 0.4) is 0 Å². The van der Waals surface area contributed by atoms with Crippen molar-refractivity contribution in [1.29, 1.82) is 0 Å². The van der Waals surface area contributed by atoms with E-state index in [-0.39, 0.29) is 18.7 Å². The van der Waals surface area contributed by atoms with Gasteiger partial charge < -0.3 is 20.2 Å². The van der Waals surface area contributed by atoms with Crippen LogP contribution in [0.2, 0.25) is 0 Å². The fourth-order valence-electron chi connectivity index (χ4n) is 2.63. The quantitative estimate of drug-likeness (QED) is 0.697. The van der Waals surface area contributed by atoms with Crippen molar-refractivity contribution in [1.82, 2.24) is 15.1 Å². The molecule has 0 bridgehead atoms. The molecule has 92 valence electrons. The van der Waals surface area contributed by atoms with Crippen LogP contribution < -0.4 is 5.32 Å². The van der Waals surface area contributed by atoms with Crippen LogP contribution in [0.1, 0.15) is 12.8 Å². The van der Waals surface area contributed by atoms with Crippen molar-refractivity contribution in [3.05, 3.63) is 0 Å². The third-order valence-corrected chi connectivity index (χ3v) is 3.72. The van der Waals surface area contributed by atoms with Gasteiger partial charge in [0.1, 0.15) is 0 Å². The summed E-state index contributed by atoms with van der Waals surface area (Å²) in [5, 5.41) is 11.9. The van der Waals surface area contributed by atoms with E-state index in [0.717, 1.165) is 32.5 Å². The maximum atomic E-state index is 11.6. The zero-order valence-corrected chi connectivity index (χ0v) is 9.85. The highest BCUT2D eigenvalue weighted by Crippen LogP contribution is 2.23. The number of urea groups is 1. The van der Waals surface area contributed by atoms with Crippen molar-refractivity contribution in [2.45, 2.75) is 18.9 Å². The summed E-state index contributed by atoms with van der Waals surface area (Å²) in [6, 6.07) is 0.269. The van der Waals surface area contributed by atoms with E-state index < -0.39 is 0 Å². The van der Waals surface area contributed by atoms with Gasteiger partial charge in [-0.05, 0) is 38.9 Å². The first-order valence-corrected chi connectivity index (χ1v) is 6.05. The maximum Gasteiger partial charge on any atom is 0.317 e. The van der Waals surface area contributed by atoms with Crippen molar-refractivity contribution < 1.29 is 9.90 Å². The SMILES string of the molecule is CN1CCC(C2CN(CCO)C(=O)N2)CC1. The summed E-state index contributed by atoms with van der Waals surface area (Å²) in [5.41, 5.74) is 0. The van der Waals surface area contributed by atoms with Crippen molar-refractivity contribution in [3.63, 3.8) is 0 Å². The highest BCUT2D eigenvalue weighted by Gasteiger charge is 2.34. The van der Waals surface area contributed by atoms with Gasteiger partial charge >= 0.3 is 6.03 Å². The zero-order chi connectivity index (χ0) is 11.5. The molecular formula is C11H21N3O2. The molecule has 0 aromatic carbocycles. The standard InChI is InChI=1S/C11H21N3O2/c1-13-4-2-9(3-5-13)10-8-14(6-7-15)11(16)12-10/h9-10,15H,2-8H2,1H3,(H,12,16). The molecule has 0 saturated carbocycles. The predicted molar refractivity (Wildman–Crippen MR) is 61.2 cm³/mol. The van der Waals surface area contributed by atoms with E-state index in [1.165, 1.54) is 0 Å². The highest BCUT2D eigenvalue weighted by molar-refractivity contribution is 5.76. The van der Waals surface area contributed by atoms with E-state index >= 15 is 0 Å². The Morgan fingerprint density at radius 1 is 1.44 bits per heavy atom. The number of hydrogen-bond donors (Lipinski definition) is 2. The van der Waals surface area contributed by atoms with Crippen molar-refractivity contribution >= 4 is 6.03 Å². The van der Waals surface area contributed by atoms with E-state index in [9.17, 15) is 4.79 Å². The average Bonchev–Trinajstić information content (AvgIpc) is 2.62. The average molecular weight is 227 g/mol. The minimum atomic E-state index is -0.0158.